The second-order valence-electron chi connectivity index (χ2n) is 3.88. The summed E-state index contributed by atoms with van der Waals surface area (Å²) in [5, 5.41) is 5.68. The molecule has 0 aliphatic heterocycles. The molecule has 1 atom stereocenters. The van der Waals surface area contributed by atoms with Gasteiger partial charge in [-0.25, -0.2) is 0 Å². The summed E-state index contributed by atoms with van der Waals surface area (Å²) in [4.78, 5) is 1.39. The topological polar surface area (TPSA) is 38.0 Å². The maximum absolute atomic E-state index is 5.81. The van der Waals surface area contributed by atoms with Gasteiger partial charge in [0.25, 0.3) is 0 Å². The molecule has 0 aliphatic carbocycles. The lowest BCUT2D eigenvalue weighted by Crippen LogP contribution is -2.41. The fourth-order valence-corrected chi connectivity index (χ4v) is 2.60. The minimum Gasteiger partial charge on any atom is -0.329 e. The third-order valence-electron chi connectivity index (χ3n) is 2.99. The van der Waals surface area contributed by atoms with E-state index in [1.54, 1.807) is 11.3 Å². The molecule has 0 amide bonds. The molecule has 1 aromatic heterocycles. The molecule has 0 fully saturated rings. The molecule has 0 spiro atoms. The maximum Gasteiger partial charge on any atom is 0.0302 e. The first-order valence-corrected chi connectivity index (χ1v) is 6.65. The summed E-state index contributed by atoms with van der Waals surface area (Å²) in [6, 6.07) is 4.72. The van der Waals surface area contributed by atoms with Gasteiger partial charge in [0.15, 0.2) is 0 Å². The highest BCUT2D eigenvalue weighted by atomic mass is 32.1. The molecule has 0 bridgehead atoms. The molecule has 1 aromatic rings. The van der Waals surface area contributed by atoms with Gasteiger partial charge in [-0.3, -0.25) is 0 Å². The van der Waals surface area contributed by atoms with Crippen LogP contribution in [0.1, 0.15) is 31.6 Å². The number of nitrogens with one attached hydrogen (secondary N) is 1. The van der Waals surface area contributed by atoms with Gasteiger partial charge < -0.3 is 11.1 Å². The molecule has 0 aliphatic rings. The van der Waals surface area contributed by atoms with E-state index in [1.165, 1.54) is 17.7 Å². The molecule has 0 radical (unpaired) electrons. The minimum absolute atomic E-state index is 0.460. The van der Waals surface area contributed by atoms with Gasteiger partial charge in [0.2, 0.25) is 0 Å². The lowest BCUT2D eigenvalue weighted by molar-refractivity contribution is 0.338. The standard InChI is InChI=1S/C12H22N2S/c1-3-10(4-2)12(8-13)14-9-11-6-5-7-15-11/h5-7,10,12,14H,3-4,8-9,13H2,1-2H3. The van der Waals surface area contributed by atoms with Crippen molar-refractivity contribution in [3.63, 3.8) is 0 Å². The van der Waals surface area contributed by atoms with Crippen LogP contribution in [-0.4, -0.2) is 12.6 Å². The molecule has 1 heterocycles. The second-order valence-corrected chi connectivity index (χ2v) is 4.91. The second kappa shape index (κ2) is 6.99. The lowest BCUT2D eigenvalue weighted by atomic mass is 9.94. The van der Waals surface area contributed by atoms with Gasteiger partial charge >= 0.3 is 0 Å². The average Bonchev–Trinajstić information content (AvgIpc) is 2.77. The summed E-state index contributed by atoms with van der Waals surface area (Å²) in [5.41, 5.74) is 5.81. The van der Waals surface area contributed by atoms with Gasteiger partial charge in [0.1, 0.15) is 0 Å². The predicted octanol–water partition coefficient (Wildman–Crippen LogP) is 2.60. The monoisotopic (exact) mass is 226 g/mol. The van der Waals surface area contributed by atoms with Crippen molar-refractivity contribution in [3.8, 4) is 0 Å². The zero-order chi connectivity index (χ0) is 11.1. The Labute approximate surface area is 96.9 Å². The molecule has 3 N–H and O–H groups in total. The van der Waals surface area contributed by atoms with Crippen LogP contribution in [0.4, 0.5) is 0 Å². The molecule has 0 saturated heterocycles. The third-order valence-corrected chi connectivity index (χ3v) is 3.87. The number of nitrogens with two attached hydrogens (primary N) is 1. The van der Waals surface area contributed by atoms with Crippen molar-refractivity contribution < 1.29 is 0 Å². The summed E-state index contributed by atoms with van der Waals surface area (Å²) in [5.74, 6) is 0.704. The Balaban J connectivity index is 2.39. The van der Waals surface area contributed by atoms with Crippen LogP contribution in [0.25, 0.3) is 0 Å². The Morgan fingerprint density at radius 2 is 2.13 bits per heavy atom. The van der Waals surface area contributed by atoms with E-state index in [2.05, 4.69) is 36.7 Å². The SMILES string of the molecule is CCC(CC)C(CN)NCc1cccs1. The average molecular weight is 226 g/mol. The highest BCUT2D eigenvalue weighted by Gasteiger charge is 2.15. The Morgan fingerprint density at radius 3 is 2.60 bits per heavy atom. The molecular weight excluding hydrogens is 204 g/mol. The first-order chi connectivity index (χ1) is 7.31. The van der Waals surface area contributed by atoms with E-state index in [9.17, 15) is 0 Å². The van der Waals surface area contributed by atoms with Crippen LogP contribution < -0.4 is 11.1 Å². The number of hydrogen-bond donors (Lipinski definition) is 2. The molecule has 86 valence electrons. The highest BCUT2D eigenvalue weighted by molar-refractivity contribution is 7.09. The summed E-state index contributed by atoms with van der Waals surface area (Å²) in [7, 11) is 0. The van der Waals surface area contributed by atoms with E-state index in [0.29, 0.717) is 12.0 Å². The molecule has 1 unspecified atom stereocenters. The van der Waals surface area contributed by atoms with Crippen molar-refractivity contribution in [1.82, 2.24) is 5.32 Å². The first-order valence-electron chi connectivity index (χ1n) is 5.77. The number of rotatable bonds is 7. The van der Waals surface area contributed by atoms with Crippen LogP contribution in [0, 0.1) is 5.92 Å². The van der Waals surface area contributed by atoms with Gasteiger partial charge in [-0.15, -0.1) is 11.3 Å². The van der Waals surface area contributed by atoms with Gasteiger partial charge in [-0.2, -0.15) is 0 Å². The fraction of sp³-hybridized carbons (Fsp3) is 0.667. The van der Waals surface area contributed by atoms with Crippen molar-refractivity contribution in [2.45, 2.75) is 39.3 Å². The summed E-state index contributed by atoms with van der Waals surface area (Å²) < 4.78 is 0. The normalized spacial score (nSPS) is 13.3. The van der Waals surface area contributed by atoms with E-state index in [1.807, 2.05) is 0 Å². The Morgan fingerprint density at radius 1 is 1.40 bits per heavy atom. The fourth-order valence-electron chi connectivity index (χ4n) is 1.95. The van der Waals surface area contributed by atoms with E-state index >= 15 is 0 Å². The van der Waals surface area contributed by atoms with Crippen molar-refractivity contribution in [1.29, 1.82) is 0 Å². The highest BCUT2D eigenvalue weighted by Crippen LogP contribution is 2.14. The van der Waals surface area contributed by atoms with Crippen LogP contribution in [0.2, 0.25) is 0 Å². The van der Waals surface area contributed by atoms with Crippen molar-refractivity contribution >= 4 is 11.3 Å². The molecule has 2 nitrogen and oxygen atoms in total. The van der Waals surface area contributed by atoms with E-state index in [-0.39, 0.29) is 0 Å². The van der Waals surface area contributed by atoms with Crippen molar-refractivity contribution in [2.24, 2.45) is 11.7 Å². The van der Waals surface area contributed by atoms with E-state index < -0.39 is 0 Å². The Bertz CT molecular complexity index is 242. The molecular formula is C12H22N2S. The van der Waals surface area contributed by atoms with Gasteiger partial charge in [0.05, 0.1) is 0 Å². The first kappa shape index (κ1) is 12.7. The predicted molar refractivity (Wildman–Crippen MR) is 68.1 cm³/mol. The minimum atomic E-state index is 0.460. The van der Waals surface area contributed by atoms with Crippen LogP contribution in [0.15, 0.2) is 17.5 Å². The van der Waals surface area contributed by atoms with Crippen LogP contribution in [-0.2, 0) is 6.54 Å². The van der Waals surface area contributed by atoms with Gasteiger partial charge in [-0.05, 0) is 17.4 Å². The zero-order valence-electron chi connectivity index (χ0n) is 9.70. The summed E-state index contributed by atoms with van der Waals surface area (Å²) in [6.07, 6.45) is 2.41. The Kier molecular flexibility index (Phi) is 5.91. The number of thiophene rings is 1. The zero-order valence-corrected chi connectivity index (χ0v) is 10.5. The molecule has 0 aromatic carbocycles. The summed E-state index contributed by atoms with van der Waals surface area (Å²) in [6.45, 7) is 6.17. The van der Waals surface area contributed by atoms with E-state index in [4.69, 9.17) is 5.73 Å². The number of hydrogen-bond acceptors (Lipinski definition) is 3. The Hall–Kier alpha value is -0.380. The van der Waals surface area contributed by atoms with Crippen LogP contribution in [0.5, 0.6) is 0 Å². The van der Waals surface area contributed by atoms with Gasteiger partial charge in [0, 0.05) is 24.0 Å². The lowest BCUT2D eigenvalue weighted by Gasteiger charge is -2.24. The maximum atomic E-state index is 5.81. The van der Waals surface area contributed by atoms with E-state index in [0.717, 1.165) is 13.1 Å². The smallest absolute Gasteiger partial charge is 0.0302 e. The quantitative estimate of drug-likeness (QED) is 0.750. The molecule has 1 rings (SSSR count). The third kappa shape index (κ3) is 3.93. The van der Waals surface area contributed by atoms with Crippen molar-refractivity contribution in [3.05, 3.63) is 22.4 Å². The van der Waals surface area contributed by atoms with Gasteiger partial charge in [-0.1, -0.05) is 32.8 Å². The molecule has 15 heavy (non-hydrogen) atoms. The summed E-state index contributed by atoms with van der Waals surface area (Å²) >= 11 is 1.80. The largest absolute Gasteiger partial charge is 0.329 e. The molecule has 3 heteroatoms. The van der Waals surface area contributed by atoms with Crippen LogP contribution >= 0.6 is 11.3 Å². The molecule has 0 saturated carbocycles. The van der Waals surface area contributed by atoms with Crippen LogP contribution in [0.3, 0.4) is 0 Å². The van der Waals surface area contributed by atoms with Crippen molar-refractivity contribution in [2.75, 3.05) is 6.54 Å².